The SMILES string of the molecule is CCCC(=O)Nc1ccc(N2CCCS2(=O)=O)cc1OC. The molecule has 0 aromatic heterocycles. The Labute approximate surface area is 125 Å². The molecule has 0 radical (unpaired) electrons. The summed E-state index contributed by atoms with van der Waals surface area (Å²) in [5.41, 5.74) is 1.12. The Bertz CT molecular complexity index is 628. The Balaban J connectivity index is 2.26. The van der Waals surface area contributed by atoms with Gasteiger partial charge < -0.3 is 10.1 Å². The first-order valence-electron chi connectivity index (χ1n) is 6.96. The minimum absolute atomic E-state index is 0.0858. The van der Waals surface area contributed by atoms with Gasteiger partial charge in [0.25, 0.3) is 0 Å². The molecule has 1 aliphatic heterocycles. The number of carbonyl (C=O) groups excluding carboxylic acids is 1. The highest BCUT2D eigenvalue weighted by Gasteiger charge is 2.28. The van der Waals surface area contributed by atoms with Crippen molar-refractivity contribution >= 4 is 27.3 Å². The van der Waals surface area contributed by atoms with Gasteiger partial charge in [0.2, 0.25) is 15.9 Å². The van der Waals surface area contributed by atoms with Gasteiger partial charge in [0.15, 0.2) is 0 Å². The molecule has 21 heavy (non-hydrogen) atoms. The number of hydrogen-bond acceptors (Lipinski definition) is 4. The largest absolute Gasteiger partial charge is 0.494 e. The Hall–Kier alpha value is -1.76. The van der Waals surface area contributed by atoms with Crippen molar-refractivity contribution in [1.29, 1.82) is 0 Å². The molecule has 1 N–H and O–H groups in total. The highest BCUT2D eigenvalue weighted by molar-refractivity contribution is 7.93. The Morgan fingerprint density at radius 3 is 2.76 bits per heavy atom. The topological polar surface area (TPSA) is 75.7 Å². The fourth-order valence-electron chi connectivity index (χ4n) is 2.31. The van der Waals surface area contributed by atoms with E-state index in [1.165, 1.54) is 11.4 Å². The third-order valence-corrected chi connectivity index (χ3v) is 5.19. The summed E-state index contributed by atoms with van der Waals surface area (Å²) in [6, 6.07) is 5.01. The molecule has 0 atom stereocenters. The smallest absolute Gasteiger partial charge is 0.235 e. The standard InChI is InChI=1S/C14H20N2O4S/c1-3-5-14(17)15-12-7-6-11(10-13(12)20-2)16-8-4-9-21(16,18)19/h6-7,10H,3-5,8-9H2,1-2H3,(H,15,17). The molecular formula is C14H20N2O4S. The second kappa shape index (κ2) is 6.34. The van der Waals surface area contributed by atoms with E-state index in [4.69, 9.17) is 4.74 Å². The number of nitrogens with zero attached hydrogens (tertiary/aromatic N) is 1. The zero-order chi connectivity index (χ0) is 15.5. The highest BCUT2D eigenvalue weighted by atomic mass is 32.2. The number of anilines is 2. The number of carbonyl (C=O) groups is 1. The summed E-state index contributed by atoms with van der Waals surface area (Å²) in [6.45, 7) is 2.41. The van der Waals surface area contributed by atoms with Gasteiger partial charge in [-0.05, 0) is 25.0 Å². The van der Waals surface area contributed by atoms with Crippen LogP contribution in [0.2, 0.25) is 0 Å². The average Bonchev–Trinajstić information content (AvgIpc) is 2.79. The van der Waals surface area contributed by atoms with Crippen LogP contribution in [0.25, 0.3) is 0 Å². The second-order valence-corrected chi connectivity index (χ2v) is 6.94. The van der Waals surface area contributed by atoms with Crippen LogP contribution < -0.4 is 14.4 Å². The molecule has 116 valence electrons. The van der Waals surface area contributed by atoms with Crippen LogP contribution in [-0.2, 0) is 14.8 Å². The summed E-state index contributed by atoms with van der Waals surface area (Å²) >= 11 is 0. The Morgan fingerprint density at radius 1 is 1.43 bits per heavy atom. The molecule has 1 saturated heterocycles. The number of hydrogen-bond donors (Lipinski definition) is 1. The van der Waals surface area contributed by atoms with E-state index in [1.54, 1.807) is 18.2 Å². The number of sulfonamides is 1. The molecule has 0 saturated carbocycles. The quantitative estimate of drug-likeness (QED) is 0.902. The van der Waals surface area contributed by atoms with Gasteiger partial charge in [0.1, 0.15) is 5.75 Å². The van der Waals surface area contributed by atoms with Gasteiger partial charge >= 0.3 is 0 Å². The van der Waals surface area contributed by atoms with Crippen LogP contribution in [0.4, 0.5) is 11.4 Å². The van der Waals surface area contributed by atoms with Gasteiger partial charge in [-0.25, -0.2) is 8.42 Å². The van der Waals surface area contributed by atoms with Crippen molar-refractivity contribution < 1.29 is 17.9 Å². The van der Waals surface area contributed by atoms with E-state index >= 15 is 0 Å². The predicted molar refractivity (Wildman–Crippen MR) is 82.3 cm³/mol. The third kappa shape index (κ3) is 3.47. The lowest BCUT2D eigenvalue weighted by atomic mass is 10.2. The molecular weight excluding hydrogens is 292 g/mol. The minimum atomic E-state index is -3.22. The van der Waals surface area contributed by atoms with E-state index in [9.17, 15) is 13.2 Å². The first-order chi connectivity index (χ1) is 9.97. The summed E-state index contributed by atoms with van der Waals surface area (Å²) in [5, 5.41) is 2.77. The number of rotatable bonds is 5. The third-order valence-electron chi connectivity index (χ3n) is 3.32. The van der Waals surface area contributed by atoms with Gasteiger partial charge in [-0.1, -0.05) is 6.92 Å². The first kappa shape index (κ1) is 15.6. The normalized spacial score (nSPS) is 16.8. The zero-order valence-electron chi connectivity index (χ0n) is 12.3. The molecule has 0 bridgehead atoms. The summed E-state index contributed by atoms with van der Waals surface area (Å²) in [5.74, 6) is 0.543. The number of methoxy groups -OCH3 is 1. The zero-order valence-corrected chi connectivity index (χ0v) is 13.1. The molecule has 1 amide bonds. The Kier molecular flexibility index (Phi) is 4.72. The lowest BCUT2D eigenvalue weighted by Gasteiger charge is -2.19. The van der Waals surface area contributed by atoms with Crippen LogP contribution in [0.3, 0.4) is 0 Å². The van der Waals surface area contributed by atoms with Gasteiger partial charge in [-0.3, -0.25) is 9.10 Å². The maximum Gasteiger partial charge on any atom is 0.235 e. The molecule has 7 heteroatoms. The number of nitrogens with one attached hydrogen (secondary N) is 1. The van der Waals surface area contributed by atoms with E-state index < -0.39 is 10.0 Å². The summed E-state index contributed by atoms with van der Waals surface area (Å²) < 4.78 is 30.5. The molecule has 2 rings (SSSR count). The lowest BCUT2D eigenvalue weighted by Crippen LogP contribution is -2.25. The molecule has 0 aliphatic carbocycles. The van der Waals surface area contributed by atoms with Crippen LogP contribution in [0, 0.1) is 0 Å². The number of amides is 1. The van der Waals surface area contributed by atoms with Gasteiger partial charge in [-0.2, -0.15) is 0 Å². The van der Waals surface area contributed by atoms with Crippen LogP contribution >= 0.6 is 0 Å². The molecule has 6 nitrogen and oxygen atoms in total. The summed E-state index contributed by atoms with van der Waals surface area (Å²) in [6.07, 6.45) is 1.82. The van der Waals surface area contributed by atoms with Crippen LogP contribution in [0.15, 0.2) is 18.2 Å². The van der Waals surface area contributed by atoms with Gasteiger partial charge in [-0.15, -0.1) is 0 Å². The summed E-state index contributed by atoms with van der Waals surface area (Å²) in [4.78, 5) is 11.7. The van der Waals surface area contributed by atoms with Crippen molar-refractivity contribution in [3.05, 3.63) is 18.2 Å². The predicted octanol–water partition coefficient (Wildman–Crippen LogP) is 1.97. The van der Waals surface area contributed by atoms with Crippen LogP contribution in [0.1, 0.15) is 26.2 Å². The van der Waals surface area contributed by atoms with Crippen molar-refractivity contribution in [3.63, 3.8) is 0 Å². The van der Waals surface area contributed by atoms with Crippen molar-refractivity contribution in [2.75, 3.05) is 29.0 Å². The fourth-order valence-corrected chi connectivity index (χ4v) is 3.86. The lowest BCUT2D eigenvalue weighted by molar-refractivity contribution is -0.116. The molecule has 0 unspecified atom stereocenters. The Morgan fingerprint density at radius 2 is 2.19 bits per heavy atom. The fraction of sp³-hybridized carbons (Fsp3) is 0.500. The molecule has 1 fully saturated rings. The van der Waals surface area contributed by atoms with Crippen molar-refractivity contribution in [2.24, 2.45) is 0 Å². The number of ether oxygens (including phenoxy) is 1. The highest BCUT2D eigenvalue weighted by Crippen LogP contribution is 2.32. The van der Waals surface area contributed by atoms with E-state index in [1.807, 2.05) is 6.92 Å². The van der Waals surface area contributed by atoms with Crippen molar-refractivity contribution in [2.45, 2.75) is 26.2 Å². The molecule has 1 heterocycles. The summed E-state index contributed by atoms with van der Waals surface area (Å²) in [7, 11) is -1.73. The van der Waals surface area contributed by atoms with E-state index in [0.717, 1.165) is 6.42 Å². The van der Waals surface area contributed by atoms with Crippen molar-refractivity contribution in [1.82, 2.24) is 0 Å². The first-order valence-corrected chi connectivity index (χ1v) is 8.57. The molecule has 0 spiro atoms. The maximum atomic E-state index is 11.9. The molecule has 1 aliphatic rings. The number of benzene rings is 1. The van der Waals surface area contributed by atoms with Crippen LogP contribution in [0.5, 0.6) is 5.75 Å². The van der Waals surface area contributed by atoms with Gasteiger partial charge in [0.05, 0.1) is 24.2 Å². The molecule has 1 aromatic rings. The van der Waals surface area contributed by atoms with Gasteiger partial charge in [0, 0.05) is 19.0 Å². The van der Waals surface area contributed by atoms with E-state index in [2.05, 4.69) is 5.32 Å². The van der Waals surface area contributed by atoms with E-state index in [-0.39, 0.29) is 11.7 Å². The maximum absolute atomic E-state index is 11.9. The monoisotopic (exact) mass is 312 g/mol. The second-order valence-electron chi connectivity index (χ2n) is 4.92. The van der Waals surface area contributed by atoms with Crippen molar-refractivity contribution in [3.8, 4) is 5.75 Å². The van der Waals surface area contributed by atoms with E-state index in [0.29, 0.717) is 36.5 Å². The minimum Gasteiger partial charge on any atom is -0.494 e. The van der Waals surface area contributed by atoms with Crippen LogP contribution in [-0.4, -0.2) is 33.7 Å². The average molecular weight is 312 g/mol. The molecule has 1 aromatic carbocycles.